The summed E-state index contributed by atoms with van der Waals surface area (Å²) in [5.74, 6) is 0.249. The molecule has 7 heteroatoms. The van der Waals surface area contributed by atoms with E-state index in [4.69, 9.17) is 9.47 Å². The maximum Gasteiger partial charge on any atom is 0.325 e. The Morgan fingerprint density at radius 1 is 1.75 bits per heavy atom. The molecule has 2 heterocycles. The van der Waals surface area contributed by atoms with E-state index in [0.717, 1.165) is 0 Å². The lowest BCUT2D eigenvalue weighted by Crippen LogP contribution is -2.49. The number of methoxy groups -OCH3 is 1. The van der Waals surface area contributed by atoms with Crippen LogP contribution in [0.4, 0.5) is 0 Å². The highest BCUT2D eigenvalue weighted by molar-refractivity contribution is 5.75. The first kappa shape index (κ1) is 11.0. The van der Waals surface area contributed by atoms with Crippen LogP contribution >= 0.6 is 0 Å². The molecule has 88 valence electrons. The topological polar surface area (TPSA) is 77.7 Å². The van der Waals surface area contributed by atoms with Crippen LogP contribution in [0.3, 0.4) is 0 Å². The predicted octanol–water partition coefficient (Wildman–Crippen LogP) is -0.557. The summed E-state index contributed by atoms with van der Waals surface area (Å²) in [5.41, 5.74) is 0. The van der Waals surface area contributed by atoms with Gasteiger partial charge in [-0.25, -0.2) is 0 Å². The fourth-order valence-corrected chi connectivity index (χ4v) is 1.62. The Morgan fingerprint density at radius 2 is 2.62 bits per heavy atom. The summed E-state index contributed by atoms with van der Waals surface area (Å²) in [7, 11) is 1.36. The van der Waals surface area contributed by atoms with Crippen molar-refractivity contribution in [2.75, 3.05) is 26.9 Å². The Labute approximate surface area is 92.3 Å². The van der Waals surface area contributed by atoms with Crippen LogP contribution in [0.2, 0.25) is 0 Å². The number of aromatic nitrogens is 2. The molecule has 1 unspecified atom stereocenters. The van der Waals surface area contributed by atoms with Crippen molar-refractivity contribution in [2.24, 2.45) is 0 Å². The monoisotopic (exact) mass is 227 g/mol. The Balaban J connectivity index is 2.02. The second kappa shape index (κ2) is 5.04. The van der Waals surface area contributed by atoms with E-state index in [9.17, 15) is 4.79 Å². The van der Waals surface area contributed by atoms with Gasteiger partial charge in [0.25, 0.3) is 0 Å². The highest BCUT2D eigenvalue weighted by Crippen LogP contribution is 2.11. The summed E-state index contributed by atoms with van der Waals surface area (Å²) >= 11 is 0. The van der Waals surface area contributed by atoms with Crippen LogP contribution in [-0.4, -0.2) is 53.9 Å². The maximum atomic E-state index is 11.5. The van der Waals surface area contributed by atoms with Crippen molar-refractivity contribution < 1.29 is 18.8 Å². The summed E-state index contributed by atoms with van der Waals surface area (Å²) in [6.07, 6.45) is 1.27. The van der Waals surface area contributed by atoms with E-state index in [0.29, 0.717) is 32.1 Å². The minimum Gasteiger partial charge on any atom is -0.468 e. The van der Waals surface area contributed by atoms with Gasteiger partial charge < -0.3 is 14.0 Å². The van der Waals surface area contributed by atoms with Crippen LogP contribution in [-0.2, 0) is 20.8 Å². The molecule has 0 aliphatic carbocycles. The van der Waals surface area contributed by atoms with Gasteiger partial charge in [0.1, 0.15) is 6.04 Å². The van der Waals surface area contributed by atoms with Gasteiger partial charge in [-0.1, -0.05) is 5.16 Å². The zero-order valence-corrected chi connectivity index (χ0v) is 8.96. The largest absolute Gasteiger partial charge is 0.468 e. The molecule has 1 atom stereocenters. The van der Waals surface area contributed by atoms with Crippen molar-refractivity contribution in [3.8, 4) is 0 Å². The lowest BCUT2D eigenvalue weighted by atomic mass is 10.2. The quantitative estimate of drug-likeness (QED) is 0.640. The second-order valence-electron chi connectivity index (χ2n) is 3.43. The Morgan fingerprint density at radius 3 is 3.31 bits per heavy atom. The van der Waals surface area contributed by atoms with Crippen molar-refractivity contribution in [3.05, 3.63) is 12.2 Å². The molecule has 0 spiro atoms. The van der Waals surface area contributed by atoms with Gasteiger partial charge >= 0.3 is 5.97 Å². The third-order valence-electron chi connectivity index (χ3n) is 2.46. The molecule has 1 saturated heterocycles. The van der Waals surface area contributed by atoms with Crippen molar-refractivity contribution in [1.82, 2.24) is 15.0 Å². The van der Waals surface area contributed by atoms with Crippen molar-refractivity contribution in [2.45, 2.75) is 12.6 Å². The maximum absolute atomic E-state index is 11.5. The standard InChI is InChI=1S/C9H13N3O4/c1-14-9(13)7-5-15-3-2-12(7)4-8-10-6-16-11-8/h6-7H,2-5H2,1H3. The summed E-state index contributed by atoms with van der Waals surface area (Å²) in [5, 5.41) is 3.71. The first-order chi connectivity index (χ1) is 7.81. The molecule has 0 amide bonds. The lowest BCUT2D eigenvalue weighted by Gasteiger charge is -2.32. The minimum atomic E-state index is -0.391. The molecule has 0 bridgehead atoms. The molecule has 1 aromatic heterocycles. The molecule has 16 heavy (non-hydrogen) atoms. The lowest BCUT2D eigenvalue weighted by molar-refractivity contribution is -0.153. The van der Waals surface area contributed by atoms with Gasteiger partial charge in [0, 0.05) is 6.54 Å². The first-order valence-corrected chi connectivity index (χ1v) is 4.96. The average Bonchev–Trinajstić information content (AvgIpc) is 2.82. The number of hydrogen-bond acceptors (Lipinski definition) is 7. The van der Waals surface area contributed by atoms with E-state index in [2.05, 4.69) is 14.7 Å². The molecule has 2 rings (SSSR count). The van der Waals surface area contributed by atoms with Gasteiger partial charge in [-0.3, -0.25) is 9.69 Å². The normalized spacial score (nSPS) is 21.9. The number of carbonyl (C=O) groups excluding carboxylic acids is 1. The molecule has 0 N–H and O–H groups in total. The number of rotatable bonds is 3. The molecule has 7 nitrogen and oxygen atoms in total. The van der Waals surface area contributed by atoms with Crippen molar-refractivity contribution in [3.63, 3.8) is 0 Å². The first-order valence-electron chi connectivity index (χ1n) is 4.96. The van der Waals surface area contributed by atoms with Crippen LogP contribution in [0, 0.1) is 0 Å². The molecule has 0 radical (unpaired) electrons. The average molecular weight is 227 g/mol. The summed E-state index contributed by atoms with van der Waals surface area (Å²) in [6, 6.07) is -0.391. The van der Waals surface area contributed by atoms with Crippen LogP contribution in [0.5, 0.6) is 0 Å². The SMILES string of the molecule is COC(=O)C1COCCN1Cc1ncon1. The molecule has 0 aromatic carbocycles. The van der Waals surface area contributed by atoms with Crippen molar-refractivity contribution >= 4 is 5.97 Å². The van der Waals surface area contributed by atoms with Gasteiger partial charge in [-0.15, -0.1) is 0 Å². The molecular weight excluding hydrogens is 214 g/mol. The number of morpholine rings is 1. The third-order valence-corrected chi connectivity index (χ3v) is 2.46. The van der Waals surface area contributed by atoms with Crippen LogP contribution in [0.25, 0.3) is 0 Å². The smallest absolute Gasteiger partial charge is 0.325 e. The molecule has 1 fully saturated rings. The number of hydrogen-bond donors (Lipinski definition) is 0. The van der Waals surface area contributed by atoms with E-state index in [1.165, 1.54) is 13.5 Å². The van der Waals surface area contributed by atoms with Crippen LogP contribution < -0.4 is 0 Å². The molecular formula is C9H13N3O4. The third kappa shape index (κ3) is 2.37. The highest BCUT2D eigenvalue weighted by Gasteiger charge is 2.30. The summed E-state index contributed by atoms with van der Waals surface area (Å²) < 4.78 is 14.6. The second-order valence-corrected chi connectivity index (χ2v) is 3.43. The molecule has 1 aromatic rings. The van der Waals surface area contributed by atoms with E-state index < -0.39 is 6.04 Å². The van der Waals surface area contributed by atoms with Gasteiger partial charge in [-0.2, -0.15) is 4.98 Å². The Hall–Kier alpha value is -1.47. The van der Waals surface area contributed by atoms with Gasteiger partial charge in [-0.05, 0) is 0 Å². The number of carbonyl (C=O) groups is 1. The van der Waals surface area contributed by atoms with E-state index in [1.807, 2.05) is 4.90 Å². The van der Waals surface area contributed by atoms with Gasteiger partial charge in [0.05, 0.1) is 26.9 Å². The molecule has 0 saturated carbocycles. The van der Waals surface area contributed by atoms with Gasteiger partial charge in [0.15, 0.2) is 5.82 Å². The van der Waals surface area contributed by atoms with E-state index >= 15 is 0 Å². The van der Waals surface area contributed by atoms with E-state index in [-0.39, 0.29) is 5.97 Å². The number of ether oxygens (including phenoxy) is 2. The molecule has 1 aliphatic heterocycles. The number of nitrogens with zero attached hydrogens (tertiary/aromatic N) is 3. The summed E-state index contributed by atoms with van der Waals surface area (Å²) in [6.45, 7) is 2.03. The minimum absolute atomic E-state index is 0.303. The zero-order chi connectivity index (χ0) is 11.4. The van der Waals surface area contributed by atoms with Crippen LogP contribution in [0.1, 0.15) is 5.82 Å². The zero-order valence-electron chi connectivity index (χ0n) is 8.96. The Bertz CT molecular complexity index is 341. The highest BCUT2D eigenvalue weighted by atomic mass is 16.5. The Kier molecular flexibility index (Phi) is 3.47. The van der Waals surface area contributed by atoms with Gasteiger partial charge in [0.2, 0.25) is 6.39 Å². The van der Waals surface area contributed by atoms with E-state index in [1.54, 1.807) is 0 Å². The number of esters is 1. The van der Waals surface area contributed by atoms with Crippen molar-refractivity contribution in [1.29, 1.82) is 0 Å². The summed E-state index contributed by atoms with van der Waals surface area (Å²) in [4.78, 5) is 17.3. The molecule has 1 aliphatic rings. The fourth-order valence-electron chi connectivity index (χ4n) is 1.62. The van der Waals surface area contributed by atoms with Crippen LogP contribution in [0.15, 0.2) is 10.9 Å². The predicted molar refractivity (Wildman–Crippen MR) is 51.3 cm³/mol. The fraction of sp³-hybridized carbons (Fsp3) is 0.667.